The van der Waals surface area contributed by atoms with Gasteiger partial charge in [0.15, 0.2) is 0 Å². The minimum atomic E-state index is -0.196. The molecule has 1 atom stereocenters. The zero-order valence-corrected chi connectivity index (χ0v) is 15.7. The number of hydrogen-bond acceptors (Lipinski definition) is 4. The fourth-order valence-corrected chi connectivity index (χ4v) is 3.31. The van der Waals surface area contributed by atoms with Crippen molar-refractivity contribution >= 4 is 22.6 Å². The summed E-state index contributed by atoms with van der Waals surface area (Å²) in [6.45, 7) is 9.70. The number of aryl methyl sites for hydroxylation is 1. The predicted molar refractivity (Wildman–Crippen MR) is 101 cm³/mol. The van der Waals surface area contributed by atoms with E-state index >= 15 is 0 Å². The third-order valence-electron chi connectivity index (χ3n) is 4.59. The number of carbonyl (C=O) groups excluding carboxylic acids is 1. The second kappa shape index (κ2) is 6.54. The topological polar surface area (TPSA) is 54.5 Å². The highest BCUT2D eigenvalue weighted by Crippen LogP contribution is 2.29. The van der Waals surface area contributed by atoms with Gasteiger partial charge in [-0.2, -0.15) is 0 Å². The van der Waals surface area contributed by atoms with E-state index in [1.54, 1.807) is 7.11 Å². The molecule has 2 aromatic rings. The summed E-state index contributed by atoms with van der Waals surface area (Å²) < 4.78 is 5.32. The van der Waals surface area contributed by atoms with Crippen LogP contribution in [0.5, 0.6) is 5.75 Å². The molecule has 1 aromatic carbocycles. The molecule has 3 rings (SSSR count). The van der Waals surface area contributed by atoms with Crippen LogP contribution in [-0.4, -0.2) is 36.6 Å². The second-order valence-electron chi connectivity index (χ2n) is 7.85. The Hall–Kier alpha value is -2.30. The average molecular weight is 341 g/mol. The Balaban J connectivity index is 1.82. The highest BCUT2D eigenvalue weighted by atomic mass is 16.5. The lowest BCUT2D eigenvalue weighted by atomic mass is 10.0. The summed E-state index contributed by atoms with van der Waals surface area (Å²) in [6, 6.07) is 8.08. The first-order valence-corrected chi connectivity index (χ1v) is 8.79. The van der Waals surface area contributed by atoms with Crippen molar-refractivity contribution < 1.29 is 9.53 Å². The van der Waals surface area contributed by atoms with Crippen LogP contribution in [0, 0.1) is 12.8 Å². The van der Waals surface area contributed by atoms with Gasteiger partial charge < -0.3 is 15.0 Å². The molecule has 1 aliphatic rings. The van der Waals surface area contributed by atoms with Crippen LogP contribution in [-0.2, 0) is 4.79 Å². The number of fused-ring (bicyclic) bond motifs is 1. The molecule has 1 amide bonds. The first kappa shape index (κ1) is 17.5. The highest BCUT2D eigenvalue weighted by Gasteiger charge is 2.31. The number of pyridine rings is 1. The van der Waals surface area contributed by atoms with Gasteiger partial charge >= 0.3 is 0 Å². The van der Waals surface area contributed by atoms with Crippen molar-refractivity contribution in [3.63, 3.8) is 0 Å². The third kappa shape index (κ3) is 3.86. The minimum Gasteiger partial charge on any atom is -0.497 e. The van der Waals surface area contributed by atoms with Gasteiger partial charge in [0.25, 0.3) is 0 Å². The molecule has 0 aliphatic carbocycles. The third-order valence-corrected chi connectivity index (χ3v) is 4.59. The molecule has 0 radical (unpaired) electrons. The summed E-state index contributed by atoms with van der Waals surface area (Å²) in [5, 5.41) is 4.22. The maximum atomic E-state index is 12.4. The summed E-state index contributed by atoms with van der Waals surface area (Å²) in [4.78, 5) is 19.4. The Bertz CT molecular complexity index is 795. The van der Waals surface area contributed by atoms with Crippen molar-refractivity contribution in [3.8, 4) is 5.75 Å². The fraction of sp³-hybridized carbons (Fsp3) is 0.500. The molecular formula is C20H27N3O2. The molecule has 2 heterocycles. The van der Waals surface area contributed by atoms with Crippen LogP contribution in [0.1, 0.15) is 32.8 Å². The van der Waals surface area contributed by atoms with Crippen LogP contribution in [0.2, 0.25) is 0 Å². The first-order chi connectivity index (χ1) is 11.8. The fourth-order valence-electron chi connectivity index (χ4n) is 3.31. The number of benzene rings is 1. The molecule has 0 spiro atoms. The Morgan fingerprint density at radius 1 is 1.32 bits per heavy atom. The van der Waals surface area contributed by atoms with E-state index in [9.17, 15) is 4.79 Å². The molecule has 134 valence electrons. The number of carbonyl (C=O) groups is 1. The summed E-state index contributed by atoms with van der Waals surface area (Å²) in [7, 11) is 1.66. The van der Waals surface area contributed by atoms with Crippen LogP contribution in [0.4, 0.5) is 5.82 Å². The average Bonchev–Trinajstić information content (AvgIpc) is 3.02. The van der Waals surface area contributed by atoms with Crippen LogP contribution in [0.25, 0.3) is 10.9 Å². The predicted octanol–water partition coefficient (Wildman–Crippen LogP) is 3.29. The van der Waals surface area contributed by atoms with Gasteiger partial charge in [0.1, 0.15) is 11.6 Å². The smallest absolute Gasteiger partial charge is 0.225 e. The quantitative estimate of drug-likeness (QED) is 0.931. The normalized spacial score (nSPS) is 17.8. The summed E-state index contributed by atoms with van der Waals surface area (Å²) in [5.74, 6) is 1.89. The zero-order valence-electron chi connectivity index (χ0n) is 15.7. The molecule has 1 unspecified atom stereocenters. The molecule has 1 aromatic heterocycles. The Labute approximate surface area is 149 Å². The van der Waals surface area contributed by atoms with E-state index in [-0.39, 0.29) is 17.4 Å². The number of hydrogen-bond donors (Lipinski definition) is 1. The largest absolute Gasteiger partial charge is 0.497 e. The van der Waals surface area contributed by atoms with Crippen LogP contribution in [0.3, 0.4) is 0 Å². The first-order valence-electron chi connectivity index (χ1n) is 8.79. The molecule has 5 heteroatoms. The number of aromatic nitrogens is 1. The summed E-state index contributed by atoms with van der Waals surface area (Å²) in [6.07, 6.45) is 0.860. The van der Waals surface area contributed by atoms with Crippen molar-refractivity contribution in [3.05, 3.63) is 29.8 Å². The lowest BCUT2D eigenvalue weighted by Crippen LogP contribution is -2.44. The molecule has 5 nitrogen and oxygen atoms in total. The van der Waals surface area contributed by atoms with Gasteiger partial charge in [-0.3, -0.25) is 4.79 Å². The maximum absolute atomic E-state index is 12.4. The van der Waals surface area contributed by atoms with Gasteiger partial charge in [0.2, 0.25) is 5.91 Å². The van der Waals surface area contributed by atoms with Gasteiger partial charge in [-0.15, -0.1) is 0 Å². The molecule has 1 N–H and O–H groups in total. The number of anilines is 1. The minimum absolute atomic E-state index is 0.0161. The van der Waals surface area contributed by atoms with Gasteiger partial charge in [-0.05, 0) is 57.9 Å². The highest BCUT2D eigenvalue weighted by molar-refractivity contribution is 5.85. The van der Waals surface area contributed by atoms with Crippen LogP contribution in [0.15, 0.2) is 24.3 Å². The molecule has 1 fully saturated rings. The molecule has 0 saturated carbocycles. The van der Waals surface area contributed by atoms with E-state index in [0.29, 0.717) is 6.54 Å². The molecular weight excluding hydrogens is 314 g/mol. The molecule has 1 aliphatic heterocycles. The standard InChI is InChI=1S/C20H27N3O2/c1-13-10-18(21-17-11-15(25-5)6-7-16(13)17)23-9-8-14(12-23)19(24)22-20(2,3)4/h6-7,10-11,14H,8-9,12H2,1-5H3,(H,22,24). The van der Waals surface area contributed by atoms with E-state index in [1.165, 1.54) is 5.56 Å². The Morgan fingerprint density at radius 2 is 2.08 bits per heavy atom. The summed E-state index contributed by atoms with van der Waals surface area (Å²) in [5.41, 5.74) is 1.92. The van der Waals surface area contributed by atoms with Crippen molar-refractivity contribution in [2.45, 2.75) is 39.7 Å². The Kier molecular flexibility index (Phi) is 4.58. The van der Waals surface area contributed by atoms with Crippen molar-refractivity contribution in [1.29, 1.82) is 0 Å². The van der Waals surface area contributed by atoms with Crippen molar-refractivity contribution in [1.82, 2.24) is 10.3 Å². The number of amides is 1. The lowest BCUT2D eigenvalue weighted by molar-refractivity contribution is -0.125. The van der Waals surface area contributed by atoms with Crippen molar-refractivity contribution in [2.75, 3.05) is 25.1 Å². The number of rotatable bonds is 3. The monoisotopic (exact) mass is 341 g/mol. The lowest BCUT2D eigenvalue weighted by Gasteiger charge is -2.23. The van der Waals surface area contributed by atoms with Crippen LogP contribution >= 0.6 is 0 Å². The van der Waals surface area contributed by atoms with E-state index in [4.69, 9.17) is 9.72 Å². The van der Waals surface area contributed by atoms with Gasteiger partial charge in [0, 0.05) is 30.1 Å². The number of methoxy groups -OCH3 is 1. The van der Waals surface area contributed by atoms with Gasteiger partial charge in [-0.1, -0.05) is 0 Å². The van der Waals surface area contributed by atoms with Crippen molar-refractivity contribution in [2.24, 2.45) is 5.92 Å². The maximum Gasteiger partial charge on any atom is 0.225 e. The molecule has 25 heavy (non-hydrogen) atoms. The second-order valence-corrected chi connectivity index (χ2v) is 7.85. The van der Waals surface area contributed by atoms with Gasteiger partial charge in [0.05, 0.1) is 18.5 Å². The SMILES string of the molecule is COc1ccc2c(C)cc(N3CCC(C(=O)NC(C)(C)C)C3)nc2c1. The summed E-state index contributed by atoms with van der Waals surface area (Å²) >= 11 is 0. The van der Waals surface area contributed by atoms with E-state index < -0.39 is 0 Å². The number of ether oxygens (including phenoxy) is 1. The molecule has 1 saturated heterocycles. The molecule has 0 bridgehead atoms. The van der Waals surface area contributed by atoms with E-state index in [1.807, 2.05) is 39.0 Å². The number of nitrogens with one attached hydrogen (secondary N) is 1. The van der Waals surface area contributed by atoms with E-state index in [2.05, 4.69) is 23.2 Å². The Morgan fingerprint density at radius 3 is 2.76 bits per heavy atom. The van der Waals surface area contributed by atoms with Crippen LogP contribution < -0.4 is 15.0 Å². The zero-order chi connectivity index (χ0) is 18.2. The number of nitrogens with zero attached hydrogens (tertiary/aromatic N) is 2. The van der Waals surface area contributed by atoms with E-state index in [0.717, 1.165) is 35.4 Å². The van der Waals surface area contributed by atoms with Gasteiger partial charge in [-0.25, -0.2) is 4.98 Å².